The fraction of sp³-hybridized carbons (Fsp3) is 0.714. The highest BCUT2D eigenvalue weighted by atomic mass is 32.1. The lowest BCUT2D eigenvalue weighted by Gasteiger charge is -2.23. The fourth-order valence-electron chi connectivity index (χ4n) is 2.50. The van der Waals surface area contributed by atoms with Crippen molar-refractivity contribution in [1.82, 2.24) is 10.2 Å². The van der Waals surface area contributed by atoms with Crippen molar-refractivity contribution in [3.63, 3.8) is 0 Å². The van der Waals surface area contributed by atoms with Crippen LogP contribution in [0.2, 0.25) is 0 Å². The molecule has 1 aromatic rings. The van der Waals surface area contributed by atoms with Crippen molar-refractivity contribution in [3.05, 3.63) is 21.9 Å². The van der Waals surface area contributed by atoms with Gasteiger partial charge in [0.15, 0.2) is 0 Å². The summed E-state index contributed by atoms with van der Waals surface area (Å²) in [5.41, 5.74) is 1.62. The summed E-state index contributed by atoms with van der Waals surface area (Å²) in [6, 6.07) is 2.34. The average molecular weight is 252 g/mol. The lowest BCUT2D eigenvalue weighted by molar-refractivity contribution is 0.345. The summed E-state index contributed by atoms with van der Waals surface area (Å²) in [6.07, 6.45) is 4.04. The van der Waals surface area contributed by atoms with Crippen molar-refractivity contribution in [2.75, 3.05) is 33.2 Å². The Balaban J connectivity index is 1.74. The van der Waals surface area contributed by atoms with Crippen LogP contribution in [0.1, 0.15) is 36.1 Å². The van der Waals surface area contributed by atoms with Crippen LogP contribution < -0.4 is 5.32 Å². The molecule has 2 nitrogen and oxygen atoms in total. The van der Waals surface area contributed by atoms with E-state index in [1.807, 2.05) is 11.3 Å². The fourth-order valence-corrected chi connectivity index (χ4v) is 3.51. The van der Waals surface area contributed by atoms with Crippen LogP contribution in [0.5, 0.6) is 0 Å². The SMILES string of the molecule is CCN(C)CCNCC1CCCc2sccc21. The van der Waals surface area contributed by atoms with Gasteiger partial charge in [-0.05, 0) is 55.8 Å². The van der Waals surface area contributed by atoms with Gasteiger partial charge < -0.3 is 10.2 Å². The summed E-state index contributed by atoms with van der Waals surface area (Å²) >= 11 is 1.94. The predicted molar refractivity (Wildman–Crippen MR) is 76.0 cm³/mol. The number of likely N-dealkylation sites (N-methyl/N-ethyl adjacent to an activating group) is 1. The molecular formula is C14H24N2S. The normalized spacial score (nSPS) is 19.6. The number of thiophene rings is 1. The highest BCUT2D eigenvalue weighted by Crippen LogP contribution is 2.34. The van der Waals surface area contributed by atoms with E-state index in [4.69, 9.17) is 0 Å². The smallest absolute Gasteiger partial charge is 0.0104 e. The van der Waals surface area contributed by atoms with Gasteiger partial charge in [-0.3, -0.25) is 0 Å². The van der Waals surface area contributed by atoms with Crippen LogP contribution in [0.3, 0.4) is 0 Å². The summed E-state index contributed by atoms with van der Waals surface area (Å²) in [6.45, 7) is 6.76. The molecule has 1 atom stereocenters. The van der Waals surface area contributed by atoms with Gasteiger partial charge in [-0.15, -0.1) is 11.3 Å². The van der Waals surface area contributed by atoms with Gasteiger partial charge in [0.05, 0.1) is 0 Å². The van der Waals surface area contributed by atoms with Gasteiger partial charge in [0.25, 0.3) is 0 Å². The van der Waals surface area contributed by atoms with E-state index in [-0.39, 0.29) is 0 Å². The van der Waals surface area contributed by atoms with E-state index in [9.17, 15) is 0 Å². The molecule has 1 aliphatic rings. The minimum Gasteiger partial charge on any atom is -0.315 e. The molecule has 0 bridgehead atoms. The van der Waals surface area contributed by atoms with Crippen LogP contribution in [-0.4, -0.2) is 38.1 Å². The third-order valence-corrected chi connectivity index (χ3v) is 4.77. The van der Waals surface area contributed by atoms with Crippen LogP contribution in [-0.2, 0) is 6.42 Å². The molecule has 17 heavy (non-hydrogen) atoms. The Morgan fingerprint density at radius 3 is 3.24 bits per heavy atom. The van der Waals surface area contributed by atoms with Gasteiger partial charge in [-0.1, -0.05) is 6.92 Å². The van der Waals surface area contributed by atoms with E-state index < -0.39 is 0 Å². The monoisotopic (exact) mass is 252 g/mol. The van der Waals surface area contributed by atoms with Crippen molar-refractivity contribution in [3.8, 4) is 0 Å². The Morgan fingerprint density at radius 1 is 1.53 bits per heavy atom. The molecule has 0 amide bonds. The number of rotatable bonds is 6. The second-order valence-corrected chi connectivity index (χ2v) is 5.99. The molecule has 0 fully saturated rings. The molecule has 3 heteroatoms. The van der Waals surface area contributed by atoms with E-state index in [1.54, 1.807) is 10.4 Å². The summed E-state index contributed by atoms with van der Waals surface area (Å²) in [7, 11) is 2.18. The molecule has 0 saturated heterocycles. The lowest BCUT2D eigenvalue weighted by atomic mass is 9.88. The highest BCUT2D eigenvalue weighted by molar-refractivity contribution is 7.10. The molecule has 0 radical (unpaired) electrons. The summed E-state index contributed by atoms with van der Waals surface area (Å²) in [4.78, 5) is 3.98. The van der Waals surface area contributed by atoms with Crippen LogP contribution in [0.25, 0.3) is 0 Å². The molecule has 96 valence electrons. The maximum Gasteiger partial charge on any atom is 0.0104 e. The van der Waals surface area contributed by atoms with Crippen LogP contribution in [0, 0.1) is 0 Å². The molecule has 1 aromatic heterocycles. The molecule has 2 rings (SSSR count). The van der Waals surface area contributed by atoms with E-state index in [0.717, 1.165) is 32.1 Å². The first-order valence-corrected chi connectivity index (χ1v) is 7.64. The van der Waals surface area contributed by atoms with Crippen molar-refractivity contribution in [2.24, 2.45) is 0 Å². The number of fused-ring (bicyclic) bond motifs is 1. The minimum absolute atomic E-state index is 0.761. The van der Waals surface area contributed by atoms with Gasteiger partial charge in [-0.25, -0.2) is 0 Å². The Labute approximate surface area is 109 Å². The first-order chi connectivity index (χ1) is 8.31. The number of nitrogens with one attached hydrogen (secondary N) is 1. The topological polar surface area (TPSA) is 15.3 Å². The van der Waals surface area contributed by atoms with E-state index in [2.05, 4.69) is 35.6 Å². The Morgan fingerprint density at radius 2 is 2.41 bits per heavy atom. The van der Waals surface area contributed by atoms with Gasteiger partial charge in [0, 0.05) is 24.5 Å². The highest BCUT2D eigenvalue weighted by Gasteiger charge is 2.20. The Hall–Kier alpha value is -0.380. The van der Waals surface area contributed by atoms with Gasteiger partial charge in [-0.2, -0.15) is 0 Å². The first-order valence-electron chi connectivity index (χ1n) is 6.76. The van der Waals surface area contributed by atoms with E-state index in [1.165, 1.54) is 19.3 Å². The van der Waals surface area contributed by atoms with Gasteiger partial charge in [0.1, 0.15) is 0 Å². The molecule has 1 N–H and O–H groups in total. The van der Waals surface area contributed by atoms with Crippen molar-refractivity contribution >= 4 is 11.3 Å². The van der Waals surface area contributed by atoms with E-state index in [0.29, 0.717) is 0 Å². The van der Waals surface area contributed by atoms with Crippen LogP contribution in [0.4, 0.5) is 0 Å². The maximum absolute atomic E-state index is 3.61. The second kappa shape index (κ2) is 6.53. The summed E-state index contributed by atoms with van der Waals surface area (Å²) < 4.78 is 0. The molecule has 0 aromatic carbocycles. The van der Waals surface area contributed by atoms with Gasteiger partial charge in [0.2, 0.25) is 0 Å². The van der Waals surface area contributed by atoms with E-state index >= 15 is 0 Å². The number of hydrogen-bond acceptors (Lipinski definition) is 3. The minimum atomic E-state index is 0.761. The van der Waals surface area contributed by atoms with Gasteiger partial charge >= 0.3 is 0 Å². The molecule has 0 saturated carbocycles. The van der Waals surface area contributed by atoms with Crippen molar-refractivity contribution in [1.29, 1.82) is 0 Å². The molecule has 1 aliphatic carbocycles. The zero-order valence-corrected chi connectivity index (χ0v) is 11.9. The molecular weight excluding hydrogens is 228 g/mol. The number of aryl methyl sites for hydroxylation is 1. The van der Waals surface area contributed by atoms with Crippen molar-refractivity contribution in [2.45, 2.75) is 32.1 Å². The molecule has 1 heterocycles. The quantitative estimate of drug-likeness (QED) is 0.783. The Kier molecular flexibility index (Phi) is 5.01. The van der Waals surface area contributed by atoms with Crippen LogP contribution in [0.15, 0.2) is 11.4 Å². The summed E-state index contributed by atoms with van der Waals surface area (Å²) in [5.74, 6) is 0.761. The van der Waals surface area contributed by atoms with Crippen molar-refractivity contribution < 1.29 is 0 Å². The number of nitrogens with zero attached hydrogens (tertiary/aromatic N) is 1. The zero-order chi connectivity index (χ0) is 12.1. The standard InChI is InChI=1S/C14H24N2S/c1-3-16(2)9-8-15-11-12-5-4-6-14-13(12)7-10-17-14/h7,10,12,15H,3-6,8-9,11H2,1-2H3. The Bertz CT molecular complexity index is 335. The third-order valence-electron chi connectivity index (χ3n) is 3.78. The number of hydrogen-bond donors (Lipinski definition) is 1. The first kappa shape index (κ1) is 13.1. The summed E-state index contributed by atoms with van der Waals surface area (Å²) in [5, 5.41) is 5.87. The second-order valence-electron chi connectivity index (χ2n) is 4.99. The molecule has 0 aliphatic heterocycles. The maximum atomic E-state index is 3.61. The molecule has 0 spiro atoms. The average Bonchev–Trinajstić information content (AvgIpc) is 2.83. The predicted octanol–water partition coefficient (Wildman–Crippen LogP) is 2.71. The lowest BCUT2D eigenvalue weighted by Crippen LogP contribution is -2.32. The largest absolute Gasteiger partial charge is 0.315 e. The molecule has 1 unspecified atom stereocenters. The van der Waals surface area contributed by atoms with Crippen LogP contribution >= 0.6 is 11.3 Å². The third kappa shape index (κ3) is 3.54. The zero-order valence-electron chi connectivity index (χ0n) is 11.0.